The number of carbonyl (C=O) groups is 1. The van der Waals surface area contributed by atoms with E-state index in [0.29, 0.717) is 22.3 Å². The summed E-state index contributed by atoms with van der Waals surface area (Å²) in [5.41, 5.74) is 6.46. The van der Waals surface area contributed by atoms with E-state index in [1.54, 1.807) is 30.3 Å². The Morgan fingerprint density at radius 3 is 2.57 bits per heavy atom. The first-order valence-electron chi connectivity index (χ1n) is 7.33. The van der Waals surface area contributed by atoms with E-state index in [0.717, 1.165) is 0 Å². The van der Waals surface area contributed by atoms with Gasteiger partial charge in [-0.2, -0.15) is 0 Å². The zero-order valence-corrected chi connectivity index (χ0v) is 12.4. The topological polar surface area (TPSA) is 85.7 Å². The lowest BCUT2D eigenvalue weighted by Crippen LogP contribution is -2.26. The Hall–Kier alpha value is -2.63. The second-order valence-corrected chi connectivity index (χ2v) is 5.15. The number of hydrogen-bond donors (Lipinski definition) is 2. The standard InChI is InChI=1S/C18H17NO4/c19-10-13(20)11-22-17-14-8-4-5-9-15(14)23-18(17)16(21)12-6-2-1-3-7-12/h1-9,13,20H,10-11,19H2. The summed E-state index contributed by atoms with van der Waals surface area (Å²) in [5, 5.41) is 10.3. The highest BCUT2D eigenvalue weighted by Crippen LogP contribution is 2.34. The summed E-state index contributed by atoms with van der Waals surface area (Å²) in [4.78, 5) is 12.7. The Kier molecular flexibility index (Phi) is 4.41. The van der Waals surface area contributed by atoms with Gasteiger partial charge in [-0.1, -0.05) is 42.5 Å². The van der Waals surface area contributed by atoms with Crippen LogP contribution in [0.25, 0.3) is 11.0 Å². The predicted octanol–water partition coefficient (Wildman–Crippen LogP) is 2.36. The van der Waals surface area contributed by atoms with E-state index in [9.17, 15) is 9.90 Å². The van der Waals surface area contributed by atoms with Crippen molar-refractivity contribution in [3.8, 4) is 5.75 Å². The third-order valence-corrected chi connectivity index (χ3v) is 3.48. The number of aliphatic hydroxyl groups is 1. The molecule has 0 fully saturated rings. The van der Waals surface area contributed by atoms with Crippen LogP contribution < -0.4 is 10.5 Å². The maximum absolute atomic E-state index is 12.7. The van der Waals surface area contributed by atoms with Gasteiger partial charge in [0.25, 0.3) is 0 Å². The van der Waals surface area contributed by atoms with E-state index in [1.807, 2.05) is 24.3 Å². The highest BCUT2D eigenvalue weighted by molar-refractivity contribution is 6.11. The van der Waals surface area contributed by atoms with E-state index in [1.165, 1.54) is 0 Å². The van der Waals surface area contributed by atoms with Gasteiger partial charge >= 0.3 is 0 Å². The van der Waals surface area contributed by atoms with Crippen molar-refractivity contribution >= 4 is 16.8 Å². The molecule has 0 aliphatic carbocycles. The number of para-hydroxylation sites is 1. The molecule has 23 heavy (non-hydrogen) atoms. The molecular weight excluding hydrogens is 294 g/mol. The number of ether oxygens (including phenoxy) is 1. The lowest BCUT2D eigenvalue weighted by molar-refractivity contribution is 0.0980. The van der Waals surface area contributed by atoms with Gasteiger partial charge in [-0.05, 0) is 12.1 Å². The number of fused-ring (bicyclic) bond motifs is 1. The molecular formula is C18H17NO4. The molecule has 5 heteroatoms. The minimum absolute atomic E-state index is 0.00486. The fraction of sp³-hybridized carbons (Fsp3) is 0.167. The molecule has 0 amide bonds. The number of furan rings is 1. The van der Waals surface area contributed by atoms with Crippen LogP contribution in [0, 0.1) is 0 Å². The molecule has 3 aromatic rings. The summed E-state index contributed by atoms with van der Waals surface area (Å²) in [6.07, 6.45) is -0.802. The fourth-order valence-electron chi connectivity index (χ4n) is 2.28. The van der Waals surface area contributed by atoms with Gasteiger partial charge in [0, 0.05) is 12.1 Å². The number of carbonyl (C=O) groups excluding carboxylic acids is 1. The molecule has 5 nitrogen and oxygen atoms in total. The van der Waals surface area contributed by atoms with Crippen LogP contribution in [0.3, 0.4) is 0 Å². The Bertz CT molecular complexity index is 810. The number of hydrogen-bond acceptors (Lipinski definition) is 5. The molecule has 0 aliphatic heterocycles. The van der Waals surface area contributed by atoms with Gasteiger partial charge in [0.1, 0.15) is 18.3 Å². The van der Waals surface area contributed by atoms with Gasteiger partial charge in [-0.25, -0.2) is 0 Å². The maximum atomic E-state index is 12.7. The molecule has 3 rings (SSSR count). The maximum Gasteiger partial charge on any atom is 0.232 e. The first-order chi connectivity index (χ1) is 11.2. The molecule has 0 spiro atoms. The fourth-order valence-corrected chi connectivity index (χ4v) is 2.28. The summed E-state index contributed by atoms with van der Waals surface area (Å²) in [6.45, 7) is 0.0762. The van der Waals surface area contributed by atoms with Gasteiger partial charge in [0.05, 0.1) is 5.39 Å². The number of ketones is 1. The molecule has 0 bridgehead atoms. The van der Waals surface area contributed by atoms with Crippen LogP contribution in [0.15, 0.2) is 59.0 Å². The van der Waals surface area contributed by atoms with Gasteiger partial charge < -0.3 is 20.0 Å². The lowest BCUT2D eigenvalue weighted by atomic mass is 10.1. The Morgan fingerprint density at radius 2 is 1.83 bits per heavy atom. The number of rotatable bonds is 6. The first kappa shape index (κ1) is 15.3. The first-order valence-corrected chi connectivity index (χ1v) is 7.33. The van der Waals surface area contributed by atoms with Crippen LogP contribution in [-0.2, 0) is 0 Å². The Balaban J connectivity index is 2.03. The van der Waals surface area contributed by atoms with Crippen LogP contribution in [0.2, 0.25) is 0 Å². The quantitative estimate of drug-likeness (QED) is 0.683. The predicted molar refractivity (Wildman–Crippen MR) is 86.6 cm³/mol. The third-order valence-electron chi connectivity index (χ3n) is 3.48. The van der Waals surface area contributed by atoms with Gasteiger partial charge in [0.2, 0.25) is 11.5 Å². The molecule has 1 unspecified atom stereocenters. The highest BCUT2D eigenvalue weighted by atomic mass is 16.5. The van der Waals surface area contributed by atoms with E-state index < -0.39 is 6.10 Å². The molecule has 0 saturated carbocycles. The molecule has 3 N–H and O–H groups in total. The minimum Gasteiger partial charge on any atom is -0.486 e. The highest BCUT2D eigenvalue weighted by Gasteiger charge is 2.23. The average molecular weight is 311 g/mol. The smallest absolute Gasteiger partial charge is 0.232 e. The lowest BCUT2D eigenvalue weighted by Gasteiger charge is -2.10. The molecule has 0 aliphatic rings. The van der Waals surface area contributed by atoms with Crippen LogP contribution in [0.1, 0.15) is 16.1 Å². The van der Waals surface area contributed by atoms with Crippen LogP contribution >= 0.6 is 0 Å². The molecule has 0 radical (unpaired) electrons. The van der Waals surface area contributed by atoms with Gasteiger partial charge in [-0.15, -0.1) is 0 Å². The third kappa shape index (κ3) is 3.11. The molecule has 118 valence electrons. The molecule has 1 heterocycles. The van der Waals surface area contributed by atoms with Crippen molar-refractivity contribution in [1.82, 2.24) is 0 Å². The van der Waals surface area contributed by atoms with Crippen LogP contribution in [-0.4, -0.2) is 30.1 Å². The van der Waals surface area contributed by atoms with Crippen LogP contribution in [0.4, 0.5) is 0 Å². The van der Waals surface area contributed by atoms with Crippen molar-refractivity contribution in [1.29, 1.82) is 0 Å². The van der Waals surface area contributed by atoms with Crippen molar-refractivity contribution in [3.05, 3.63) is 65.9 Å². The molecule has 0 saturated heterocycles. The summed E-state index contributed by atoms with van der Waals surface area (Å²) in [7, 11) is 0. The van der Waals surface area contributed by atoms with E-state index in [2.05, 4.69) is 0 Å². The second kappa shape index (κ2) is 6.64. The summed E-state index contributed by atoms with van der Waals surface area (Å²) < 4.78 is 11.3. The Labute approximate surface area is 133 Å². The largest absolute Gasteiger partial charge is 0.486 e. The monoisotopic (exact) mass is 311 g/mol. The van der Waals surface area contributed by atoms with Crippen LogP contribution in [0.5, 0.6) is 5.75 Å². The van der Waals surface area contributed by atoms with Crippen molar-refractivity contribution in [3.63, 3.8) is 0 Å². The van der Waals surface area contributed by atoms with Crippen molar-refractivity contribution in [2.24, 2.45) is 5.73 Å². The number of benzene rings is 2. The average Bonchev–Trinajstić information content (AvgIpc) is 2.98. The molecule has 1 atom stereocenters. The zero-order chi connectivity index (χ0) is 16.2. The minimum atomic E-state index is -0.802. The summed E-state index contributed by atoms with van der Waals surface area (Å²) >= 11 is 0. The van der Waals surface area contributed by atoms with E-state index in [-0.39, 0.29) is 24.7 Å². The summed E-state index contributed by atoms with van der Waals surface area (Å²) in [5.74, 6) is 0.197. The van der Waals surface area contributed by atoms with Gasteiger partial charge in [0.15, 0.2) is 5.75 Å². The molecule has 2 aromatic carbocycles. The Morgan fingerprint density at radius 1 is 1.13 bits per heavy atom. The van der Waals surface area contributed by atoms with Gasteiger partial charge in [-0.3, -0.25) is 4.79 Å². The normalized spacial score (nSPS) is 12.3. The van der Waals surface area contributed by atoms with Crippen molar-refractivity contribution < 1.29 is 19.1 Å². The van der Waals surface area contributed by atoms with E-state index in [4.69, 9.17) is 14.9 Å². The zero-order valence-electron chi connectivity index (χ0n) is 12.4. The number of aliphatic hydroxyl groups excluding tert-OH is 1. The SMILES string of the molecule is NCC(O)COc1c(C(=O)c2ccccc2)oc2ccccc12. The molecule has 1 aromatic heterocycles. The second-order valence-electron chi connectivity index (χ2n) is 5.15. The van der Waals surface area contributed by atoms with E-state index >= 15 is 0 Å². The van der Waals surface area contributed by atoms with Crippen molar-refractivity contribution in [2.45, 2.75) is 6.10 Å². The summed E-state index contributed by atoms with van der Waals surface area (Å²) in [6, 6.07) is 16.1. The number of nitrogens with two attached hydrogens (primary N) is 1. The van der Waals surface area contributed by atoms with Crippen molar-refractivity contribution in [2.75, 3.05) is 13.2 Å².